The molecule has 1 atom stereocenters. The predicted octanol–water partition coefficient (Wildman–Crippen LogP) is 2.70. The van der Waals surface area contributed by atoms with Crippen LogP contribution >= 0.6 is 0 Å². The Morgan fingerprint density at radius 2 is 2.14 bits per heavy atom. The molecule has 1 aliphatic rings. The molecule has 0 spiro atoms. The Morgan fingerprint density at radius 3 is 2.57 bits per heavy atom. The van der Waals surface area contributed by atoms with E-state index in [1.165, 1.54) is 11.1 Å². The molecule has 0 bridgehead atoms. The fourth-order valence-electron chi connectivity index (χ4n) is 1.62. The molecule has 0 aromatic heterocycles. The Bertz CT molecular complexity index is 226. The Labute approximate surface area is 87.5 Å². The third kappa shape index (κ3) is 3.13. The van der Waals surface area contributed by atoms with Crippen LogP contribution in [-0.4, -0.2) is 6.04 Å². The summed E-state index contributed by atoms with van der Waals surface area (Å²) in [6, 6.07) is 0.314. The van der Waals surface area contributed by atoms with E-state index in [0.717, 1.165) is 12.8 Å². The third-order valence-corrected chi connectivity index (χ3v) is 2.24. The molecule has 1 unspecified atom stereocenters. The van der Waals surface area contributed by atoms with E-state index in [1.54, 1.807) is 0 Å². The van der Waals surface area contributed by atoms with Crippen LogP contribution in [0.5, 0.6) is 0 Å². The van der Waals surface area contributed by atoms with Crippen LogP contribution in [0.4, 0.5) is 0 Å². The van der Waals surface area contributed by atoms with Gasteiger partial charge in [0, 0.05) is 6.04 Å². The average molecular weight is 194 g/mol. The van der Waals surface area contributed by atoms with E-state index >= 15 is 0 Å². The smallest absolute Gasteiger partial charge is 0.0465 e. The monoisotopic (exact) mass is 194 g/mol. The van der Waals surface area contributed by atoms with Crippen molar-refractivity contribution in [1.29, 1.82) is 0 Å². The lowest BCUT2D eigenvalue weighted by molar-refractivity contribution is 0.594. The van der Waals surface area contributed by atoms with Gasteiger partial charge in [-0.2, -0.15) is 0 Å². The number of rotatable bonds is 3. The van der Waals surface area contributed by atoms with Gasteiger partial charge in [0.25, 0.3) is 0 Å². The molecule has 0 saturated heterocycles. The van der Waals surface area contributed by atoms with E-state index in [-0.39, 0.29) is 0 Å². The van der Waals surface area contributed by atoms with Crippen LogP contribution in [0.15, 0.2) is 36.0 Å². The molecule has 1 rings (SSSR count). The summed E-state index contributed by atoms with van der Waals surface area (Å²) < 4.78 is 0. The molecule has 1 aliphatic carbocycles. The van der Waals surface area contributed by atoms with Crippen molar-refractivity contribution in [2.75, 3.05) is 0 Å². The maximum Gasteiger partial charge on any atom is 0.0465 e. The summed E-state index contributed by atoms with van der Waals surface area (Å²) in [7, 11) is 0. The largest absolute Gasteiger partial charge is 0.271 e. The lowest BCUT2D eigenvalue weighted by Crippen LogP contribution is -2.34. The second-order valence-electron chi connectivity index (χ2n) is 2.94. The summed E-state index contributed by atoms with van der Waals surface area (Å²) in [5, 5.41) is 0. The fraction of sp³-hybridized carbons (Fsp3) is 0.500. The summed E-state index contributed by atoms with van der Waals surface area (Å²) in [6.07, 6.45) is 8.23. The Hall–Kier alpha value is -0.860. The van der Waals surface area contributed by atoms with Gasteiger partial charge >= 0.3 is 0 Å². The molecule has 3 N–H and O–H groups in total. The van der Waals surface area contributed by atoms with Gasteiger partial charge < -0.3 is 0 Å². The number of nitrogens with one attached hydrogen (secondary N) is 1. The normalized spacial score (nSPS) is 21.0. The quantitative estimate of drug-likeness (QED) is 0.535. The van der Waals surface area contributed by atoms with Gasteiger partial charge in [0.05, 0.1) is 0 Å². The highest BCUT2D eigenvalue weighted by atomic mass is 15.2. The molecule has 2 nitrogen and oxygen atoms in total. The van der Waals surface area contributed by atoms with Gasteiger partial charge in [-0.3, -0.25) is 11.3 Å². The maximum absolute atomic E-state index is 5.42. The van der Waals surface area contributed by atoms with Crippen LogP contribution in [0.3, 0.4) is 0 Å². The van der Waals surface area contributed by atoms with Crippen LogP contribution < -0.4 is 11.3 Å². The summed E-state index contributed by atoms with van der Waals surface area (Å²) >= 11 is 0. The van der Waals surface area contributed by atoms with Gasteiger partial charge in [-0.1, -0.05) is 38.7 Å². The summed E-state index contributed by atoms with van der Waals surface area (Å²) in [6.45, 7) is 9.80. The molecule has 0 amide bonds. The van der Waals surface area contributed by atoms with Gasteiger partial charge in [-0.05, 0) is 30.9 Å². The van der Waals surface area contributed by atoms with Crippen molar-refractivity contribution in [2.45, 2.75) is 39.7 Å². The summed E-state index contributed by atoms with van der Waals surface area (Å²) in [5.41, 5.74) is 5.41. The number of hydrazine groups is 1. The molecule has 0 heterocycles. The van der Waals surface area contributed by atoms with Gasteiger partial charge in [-0.15, -0.1) is 0 Å². The predicted molar refractivity (Wildman–Crippen MR) is 63.7 cm³/mol. The topological polar surface area (TPSA) is 38.0 Å². The Balaban J connectivity index is 0.000000791. The highest BCUT2D eigenvalue weighted by molar-refractivity contribution is 5.39. The number of allylic oxidation sites excluding steroid dienone is 3. The van der Waals surface area contributed by atoms with Crippen molar-refractivity contribution in [3.05, 3.63) is 36.0 Å². The zero-order chi connectivity index (χ0) is 11.0. The Morgan fingerprint density at radius 1 is 1.50 bits per heavy atom. The zero-order valence-electron chi connectivity index (χ0n) is 9.51. The van der Waals surface area contributed by atoms with E-state index in [9.17, 15) is 0 Å². The third-order valence-electron chi connectivity index (χ3n) is 2.24. The second-order valence-corrected chi connectivity index (χ2v) is 2.94. The van der Waals surface area contributed by atoms with E-state index in [0.29, 0.717) is 6.04 Å². The molecule has 0 aliphatic heterocycles. The van der Waals surface area contributed by atoms with Crippen molar-refractivity contribution in [3.63, 3.8) is 0 Å². The van der Waals surface area contributed by atoms with Crippen LogP contribution in [0, 0.1) is 0 Å². The highest BCUT2D eigenvalue weighted by Crippen LogP contribution is 2.27. The second kappa shape index (κ2) is 7.54. The molecule has 14 heavy (non-hydrogen) atoms. The lowest BCUT2D eigenvalue weighted by Gasteiger charge is -2.09. The van der Waals surface area contributed by atoms with Crippen LogP contribution in [-0.2, 0) is 0 Å². The van der Waals surface area contributed by atoms with Crippen molar-refractivity contribution in [3.8, 4) is 0 Å². The maximum atomic E-state index is 5.42. The van der Waals surface area contributed by atoms with E-state index < -0.39 is 0 Å². The van der Waals surface area contributed by atoms with Crippen molar-refractivity contribution >= 4 is 0 Å². The molecule has 2 heteroatoms. The average Bonchev–Trinajstić information content (AvgIpc) is 2.64. The summed E-state index contributed by atoms with van der Waals surface area (Å²) in [5.74, 6) is 5.42. The highest BCUT2D eigenvalue weighted by Gasteiger charge is 2.20. The first-order chi connectivity index (χ1) is 6.83. The first-order valence-electron chi connectivity index (χ1n) is 5.27. The number of hydrogen-bond acceptors (Lipinski definition) is 2. The van der Waals surface area contributed by atoms with Crippen LogP contribution in [0.2, 0.25) is 0 Å². The molecular formula is C12H22N2. The molecule has 0 saturated carbocycles. The molecule has 0 fully saturated rings. The zero-order valence-corrected chi connectivity index (χ0v) is 9.51. The summed E-state index contributed by atoms with van der Waals surface area (Å²) in [4.78, 5) is 0. The minimum atomic E-state index is 0.314. The minimum absolute atomic E-state index is 0.314. The van der Waals surface area contributed by atoms with Crippen molar-refractivity contribution in [1.82, 2.24) is 5.43 Å². The number of hydrogen-bond donors (Lipinski definition) is 2. The van der Waals surface area contributed by atoms with Gasteiger partial charge in [-0.25, -0.2) is 0 Å². The standard InChI is InChI=1S/C10H16N2.C2H6/c1-3-5-9-8(4-2)6-7-10(9)12-11;1-2/h3-5,10,12H,2,6-7,11H2,1H3;1-2H3/b5-3-;. The molecular weight excluding hydrogens is 172 g/mol. The Kier molecular flexibility index (Phi) is 7.07. The van der Waals surface area contributed by atoms with Crippen molar-refractivity contribution in [2.24, 2.45) is 5.84 Å². The molecule has 0 aromatic carbocycles. The van der Waals surface area contributed by atoms with Crippen molar-refractivity contribution < 1.29 is 0 Å². The number of nitrogens with two attached hydrogens (primary N) is 1. The fourth-order valence-corrected chi connectivity index (χ4v) is 1.62. The minimum Gasteiger partial charge on any atom is -0.271 e. The van der Waals surface area contributed by atoms with E-state index in [2.05, 4.69) is 18.1 Å². The molecule has 0 radical (unpaired) electrons. The van der Waals surface area contributed by atoms with Crippen LogP contribution in [0.1, 0.15) is 33.6 Å². The SMILES string of the molecule is C=CC1=C(/C=C\C)C(NN)CC1.CC. The molecule has 0 aromatic rings. The first kappa shape index (κ1) is 13.1. The molecule has 80 valence electrons. The lowest BCUT2D eigenvalue weighted by atomic mass is 10.1. The van der Waals surface area contributed by atoms with E-state index in [1.807, 2.05) is 32.9 Å². The van der Waals surface area contributed by atoms with Gasteiger partial charge in [0.1, 0.15) is 0 Å². The van der Waals surface area contributed by atoms with E-state index in [4.69, 9.17) is 5.84 Å². The first-order valence-corrected chi connectivity index (χ1v) is 5.27. The van der Waals surface area contributed by atoms with Gasteiger partial charge in [0.15, 0.2) is 0 Å². The van der Waals surface area contributed by atoms with Crippen LogP contribution in [0.25, 0.3) is 0 Å². The van der Waals surface area contributed by atoms with Gasteiger partial charge in [0.2, 0.25) is 0 Å².